The summed E-state index contributed by atoms with van der Waals surface area (Å²) in [6.45, 7) is 2.86. The smallest absolute Gasteiger partial charge is 0.243 e. The van der Waals surface area contributed by atoms with Gasteiger partial charge in [-0.3, -0.25) is 0 Å². The second kappa shape index (κ2) is 6.11. The van der Waals surface area contributed by atoms with E-state index in [1.54, 1.807) is 6.92 Å². The van der Waals surface area contributed by atoms with Crippen LogP contribution < -0.4 is 4.72 Å². The van der Waals surface area contributed by atoms with Gasteiger partial charge in [0.05, 0.1) is 5.60 Å². The molecule has 1 aromatic rings. The van der Waals surface area contributed by atoms with Gasteiger partial charge in [0, 0.05) is 6.54 Å². The van der Waals surface area contributed by atoms with Crippen molar-refractivity contribution in [1.82, 2.24) is 4.72 Å². The highest BCUT2D eigenvalue weighted by Gasteiger charge is 2.27. The number of rotatable bonds is 6. The fourth-order valence-electron chi connectivity index (χ4n) is 1.67. The summed E-state index contributed by atoms with van der Waals surface area (Å²) in [5.41, 5.74) is -1.31. The van der Waals surface area contributed by atoms with Crippen LogP contribution in [0.5, 0.6) is 0 Å². The monoisotopic (exact) mass is 311 g/mol. The third-order valence-electron chi connectivity index (χ3n) is 2.72. The maximum absolute atomic E-state index is 13.4. The van der Waals surface area contributed by atoms with Crippen LogP contribution in [-0.4, -0.2) is 25.7 Å². The molecule has 1 rings (SSSR count). The molecule has 0 spiro atoms. The van der Waals surface area contributed by atoms with Crippen molar-refractivity contribution in [2.45, 2.75) is 37.2 Å². The van der Waals surface area contributed by atoms with Crippen LogP contribution in [0.1, 0.15) is 26.7 Å². The molecule has 0 heterocycles. The van der Waals surface area contributed by atoms with Crippen molar-refractivity contribution in [3.05, 3.63) is 29.6 Å². The molecular formula is C12H16F3NO3S. The number of benzene rings is 1. The molecule has 0 fully saturated rings. The van der Waals surface area contributed by atoms with E-state index in [2.05, 4.69) is 0 Å². The molecule has 1 atom stereocenters. The molecule has 0 amide bonds. The summed E-state index contributed by atoms with van der Waals surface area (Å²) in [7, 11) is -4.37. The van der Waals surface area contributed by atoms with Crippen molar-refractivity contribution in [2.24, 2.45) is 0 Å². The first kappa shape index (κ1) is 16.9. The maximum atomic E-state index is 13.4. The summed E-state index contributed by atoms with van der Waals surface area (Å²) in [4.78, 5) is -0.997. The molecule has 2 N–H and O–H groups in total. The van der Waals surface area contributed by atoms with Gasteiger partial charge in [0.15, 0.2) is 17.5 Å². The molecular weight excluding hydrogens is 295 g/mol. The van der Waals surface area contributed by atoms with Gasteiger partial charge in [-0.15, -0.1) is 0 Å². The van der Waals surface area contributed by atoms with E-state index in [0.29, 0.717) is 25.0 Å². The van der Waals surface area contributed by atoms with Crippen molar-refractivity contribution in [1.29, 1.82) is 0 Å². The van der Waals surface area contributed by atoms with E-state index in [0.717, 1.165) is 0 Å². The fourth-order valence-corrected chi connectivity index (χ4v) is 2.90. The van der Waals surface area contributed by atoms with Crippen LogP contribution in [-0.2, 0) is 10.0 Å². The fraction of sp³-hybridized carbons (Fsp3) is 0.500. The average molecular weight is 311 g/mol. The van der Waals surface area contributed by atoms with E-state index in [4.69, 9.17) is 0 Å². The molecule has 0 bridgehead atoms. The van der Waals surface area contributed by atoms with Crippen molar-refractivity contribution < 1.29 is 26.7 Å². The van der Waals surface area contributed by atoms with Gasteiger partial charge in [0.25, 0.3) is 0 Å². The number of hydrogen-bond acceptors (Lipinski definition) is 3. The molecule has 0 radical (unpaired) electrons. The zero-order valence-electron chi connectivity index (χ0n) is 11.1. The van der Waals surface area contributed by atoms with E-state index in [9.17, 15) is 26.7 Å². The molecule has 8 heteroatoms. The third-order valence-corrected chi connectivity index (χ3v) is 4.14. The summed E-state index contributed by atoms with van der Waals surface area (Å²) in [5, 5.41) is 9.84. The number of hydrogen-bond donors (Lipinski definition) is 2. The van der Waals surface area contributed by atoms with Crippen molar-refractivity contribution >= 4 is 10.0 Å². The summed E-state index contributed by atoms with van der Waals surface area (Å²) >= 11 is 0. The molecule has 20 heavy (non-hydrogen) atoms. The Morgan fingerprint density at radius 1 is 1.25 bits per heavy atom. The zero-order valence-corrected chi connectivity index (χ0v) is 11.9. The molecule has 114 valence electrons. The number of halogens is 3. The van der Waals surface area contributed by atoms with Gasteiger partial charge in [-0.2, -0.15) is 0 Å². The van der Waals surface area contributed by atoms with Crippen LogP contribution in [0.15, 0.2) is 17.0 Å². The SMILES string of the molecule is CCCC(C)(O)CNS(=O)(=O)c1ccc(F)c(F)c1F. The first-order valence-electron chi connectivity index (χ1n) is 5.96. The van der Waals surface area contributed by atoms with Crippen molar-refractivity contribution in [3.63, 3.8) is 0 Å². The zero-order chi connectivity index (χ0) is 15.6. The molecule has 4 nitrogen and oxygen atoms in total. The van der Waals surface area contributed by atoms with E-state index in [-0.39, 0.29) is 6.54 Å². The van der Waals surface area contributed by atoms with Gasteiger partial charge >= 0.3 is 0 Å². The lowest BCUT2D eigenvalue weighted by atomic mass is 10.0. The normalized spacial score (nSPS) is 15.1. The Bertz CT molecular complexity index is 588. The Morgan fingerprint density at radius 3 is 2.40 bits per heavy atom. The average Bonchev–Trinajstić information content (AvgIpc) is 2.34. The minimum Gasteiger partial charge on any atom is -0.389 e. The Balaban J connectivity index is 2.99. The minimum absolute atomic E-state index is 0.329. The third kappa shape index (κ3) is 3.94. The molecule has 0 aliphatic rings. The lowest BCUT2D eigenvalue weighted by Crippen LogP contribution is -2.40. The topological polar surface area (TPSA) is 66.4 Å². The lowest BCUT2D eigenvalue weighted by Gasteiger charge is -2.22. The van der Waals surface area contributed by atoms with Crippen LogP contribution in [0.25, 0.3) is 0 Å². The van der Waals surface area contributed by atoms with Crippen LogP contribution in [0.4, 0.5) is 13.2 Å². The van der Waals surface area contributed by atoms with Gasteiger partial charge in [-0.25, -0.2) is 26.3 Å². The lowest BCUT2D eigenvalue weighted by molar-refractivity contribution is 0.0554. The predicted molar refractivity (Wildman–Crippen MR) is 67.0 cm³/mol. The Morgan fingerprint density at radius 2 is 1.85 bits per heavy atom. The summed E-state index contributed by atoms with van der Waals surface area (Å²) in [6, 6.07) is 1.15. The standard InChI is InChI=1S/C12H16F3NO3S/c1-3-6-12(2,17)7-16-20(18,19)9-5-4-8(13)10(14)11(9)15/h4-5,16-17H,3,6-7H2,1-2H3. The van der Waals surface area contributed by atoms with Gasteiger partial charge in [-0.1, -0.05) is 13.3 Å². The van der Waals surface area contributed by atoms with E-state index in [1.165, 1.54) is 6.92 Å². The Hall–Kier alpha value is -1.12. The number of sulfonamides is 1. The van der Waals surface area contributed by atoms with E-state index in [1.807, 2.05) is 4.72 Å². The largest absolute Gasteiger partial charge is 0.389 e. The van der Waals surface area contributed by atoms with Crippen molar-refractivity contribution in [2.75, 3.05) is 6.54 Å². The summed E-state index contributed by atoms with van der Waals surface area (Å²) in [5.74, 6) is -5.11. The van der Waals surface area contributed by atoms with Crippen LogP contribution >= 0.6 is 0 Å². The number of nitrogens with one attached hydrogen (secondary N) is 1. The van der Waals surface area contributed by atoms with E-state index >= 15 is 0 Å². The molecule has 0 aliphatic carbocycles. The van der Waals surface area contributed by atoms with Crippen LogP contribution in [0.2, 0.25) is 0 Å². The summed E-state index contributed by atoms with van der Waals surface area (Å²) < 4.78 is 64.8. The Labute approximate surface area is 115 Å². The highest BCUT2D eigenvalue weighted by atomic mass is 32.2. The Kier molecular flexibility index (Phi) is 5.17. The van der Waals surface area contributed by atoms with Crippen LogP contribution in [0.3, 0.4) is 0 Å². The summed E-state index contributed by atoms with van der Waals surface area (Å²) in [6.07, 6.45) is 0.948. The van der Waals surface area contributed by atoms with E-state index < -0.39 is 38.0 Å². The van der Waals surface area contributed by atoms with Crippen LogP contribution in [0, 0.1) is 17.5 Å². The molecule has 0 saturated heterocycles. The predicted octanol–water partition coefficient (Wildman–Crippen LogP) is 1.93. The number of aliphatic hydroxyl groups is 1. The van der Waals surface area contributed by atoms with Crippen molar-refractivity contribution in [3.8, 4) is 0 Å². The first-order chi connectivity index (χ1) is 9.10. The molecule has 0 saturated carbocycles. The van der Waals surface area contributed by atoms with Gasteiger partial charge in [0.1, 0.15) is 4.90 Å². The minimum atomic E-state index is -4.37. The molecule has 0 aliphatic heterocycles. The second-order valence-corrected chi connectivity index (χ2v) is 6.48. The molecule has 1 unspecified atom stereocenters. The van der Waals surface area contributed by atoms with Gasteiger partial charge < -0.3 is 5.11 Å². The maximum Gasteiger partial charge on any atom is 0.243 e. The molecule has 0 aromatic heterocycles. The molecule has 1 aromatic carbocycles. The van der Waals surface area contributed by atoms with Gasteiger partial charge in [-0.05, 0) is 25.5 Å². The highest BCUT2D eigenvalue weighted by molar-refractivity contribution is 7.89. The highest BCUT2D eigenvalue weighted by Crippen LogP contribution is 2.20. The van der Waals surface area contributed by atoms with Gasteiger partial charge in [0.2, 0.25) is 10.0 Å². The first-order valence-corrected chi connectivity index (χ1v) is 7.44. The second-order valence-electron chi connectivity index (χ2n) is 4.74. The quantitative estimate of drug-likeness (QED) is 0.789.